The van der Waals surface area contributed by atoms with Crippen LogP contribution >= 0.6 is 0 Å². The number of carbonyl (C=O) groups excluding carboxylic acids is 1. The number of primary amides is 1. The molecule has 0 saturated heterocycles. The van der Waals surface area contributed by atoms with E-state index in [1.807, 2.05) is 6.07 Å². The fourth-order valence-electron chi connectivity index (χ4n) is 1.42. The minimum atomic E-state index is -4.02. The third kappa shape index (κ3) is 5.43. The van der Waals surface area contributed by atoms with Crippen LogP contribution in [0.4, 0.5) is 0 Å². The summed E-state index contributed by atoms with van der Waals surface area (Å²) in [6.07, 6.45) is -0.000463. The van der Waals surface area contributed by atoms with Gasteiger partial charge in [-0.25, -0.2) is 5.14 Å². The van der Waals surface area contributed by atoms with E-state index in [2.05, 4.69) is 4.18 Å². The molecular weight excluding hydrogens is 244 g/mol. The van der Waals surface area contributed by atoms with E-state index in [0.717, 1.165) is 5.56 Å². The Hall–Kier alpha value is -1.44. The summed E-state index contributed by atoms with van der Waals surface area (Å²) in [5.74, 6) is -0.955. The molecule has 0 spiro atoms. The maximum absolute atomic E-state index is 10.9. The Bertz CT molecular complexity index is 472. The Balaban J connectivity index is 2.78. The monoisotopic (exact) mass is 258 g/mol. The number of carbonyl (C=O) groups is 1. The second-order valence-corrected chi connectivity index (χ2v) is 4.78. The van der Waals surface area contributed by atoms with Gasteiger partial charge in [0.25, 0.3) is 0 Å². The molecule has 0 fully saturated rings. The molecular formula is C10H14N2O4S. The smallest absolute Gasteiger partial charge is 0.333 e. The van der Waals surface area contributed by atoms with Gasteiger partial charge in [-0.1, -0.05) is 30.3 Å². The van der Waals surface area contributed by atoms with Gasteiger partial charge in [-0.15, -0.1) is 0 Å². The Kier molecular flexibility index (Phi) is 4.62. The quantitative estimate of drug-likeness (QED) is 0.739. The number of rotatable bonds is 6. The van der Waals surface area contributed by atoms with E-state index < -0.39 is 22.1 Å². The minimum Gasteiger partial charge on any atom is -0.370 e. The number of hydrogen-bond acceptors (Lipinski definition) is 4. The molecule has 1 rings (SSSR count). The summed E-state index contributed by atoms with van der Waals surface area (Å²) in [7, 11) is -4.02. The molecule has 1 atom stereocenters. The van der Waals surface area contributed by atoms with E-state index in [4.69, 9.17) is 10.9 Å². The molecule has 0 radical (unpaired) electrons. The summed E-state index contributed by atoms with van der Waals surface area (Å²) >= 11 is 0. The van der Waals surface area contributed by atoms with Crippen LogP contribution in [0.3, 0.4) is 0 Å². The molecule has 17 heavy (non-hydrogen) atoms. The summed E-state index contributed by atoms with van der Waals surface area (Å²) in [5, 5.41) is 4.73. The zero-order valence-electron chi connectivity index (χ0n) is 9.07. The second-order valence-electron chi connectivity index (χ2n) is 3.56. The van der Waals surface area contributed by atoms with Crippen LogP contribution in [0, 0.1) is 0 Å². The van der Waals surface area contributed by atoms with Gasteiger partial charge in [0.15, 0.2) is 0 Å². The van der Waals surface area contributed by atoms with E-state index in [0.29, 0.717) is 0 Å². The highest BCUT2D eigenvalue weighted by Gasteiger charge is 2.17. The molecule has 4 N–H and O–H groups in total. The fourth-order valence-corrected chi connectivity index (χ4v) is 1.77. The Labute approximate surface area is 99.8 Å². The molecule has 0 unspecified atom stereocenters. The maximum Gasteiger partial charge on any atom is 0.333 e. The van der Waals surface area contributed by atoms with Crippen molar-refractivity contribution in [2.45, 2.75) is 12.3 Å². The highest BCUT2D eigenvalue weighted by molar-refractivity contribution is 7.84. The third-order valence-corrected chi connectivity index (χ3v) is 2.62. The van der Waals surface area contributed by atoms with Crippen molar-refractivity contribution in [3.63, 3.8) is 0 Å². The lowest BCUT2D eigenvalue weighted by Gasteiger charge is -2.14. The Morgan fingerprint density at radius 3 is 2.35 bits per heavy atom. The van der Waals surface area contributed by atoms with Crippen LogP contribution in [-0.2, 0) is 19.3 Å². The van der Waals surface area contributed by atoms with Crippen molar-refractivity contribution in [1.82, 2.24) is 0 Å². The molecule has 0 saturated carbocycles. The zero-order chi connectivity index (χ0) is 12.9. The summed E-state index contributed by atoms with van der Waals surface area (Å²) in [6, 6.07) is 8.89. The van der Waals surface area contributed by atoms with Crippen LogP contribution in [-0.4, -0.2) is 20.9 Å². The molecule has 1 aromatic carbocycles. The highest BCUT2D eigenvalue weighted by atomic mass is 32.2. The first-order valence-electron chi connectivity index (χ1n) is 4.89. The van der Waals surface area contributed by atoms with Crippen molar-refractivity contribution in [2.75, 3.05) is 6.61 Å². The van der Waals surface area contributed by atoms with Crippen molar-refractivity contribution in [1.29, 1.82) is 0 Å². The lowest BCUT2D eigenvalue weighted by Crippen LogP contribution is -2.23. The third-order valence-electron chi connectivity index (χ3n) is 2.15. The van der Waals surface area contributed by atoms with Crippen LogP contribution in [0.1, 0.15) is 17.9 Å². The summed E-state index contributed by atoms with van der Waals surface area (Å²) in [6.45, 7) is -0.203. The van der Waals surface area contributed by atoms with Gasteiger partial charge in [-0.2, -0.15) is 8.42 Å². The molecule has 7 heteroatoms. The predicted octanol–water partition coefficient (Wildman–Crippen LogP) is -0.134. The molecule has 0 heterocycles. The lowest BCUT2D eigenvalue weighted by molar-refractivity contribution is -0.118. The van der Waals surface area contributed by atoms with Crippen molar-refractivity contribution in [3.05, 3.63) is 35.9 Å². The lowest BCUT2D eigenvalue weighted by atomic mass is 9.96. The van der Waals surface area contributed by atoms with Crippen LogP contribution in [0.5, 0.6) is 0 Å². The second kappa shape index (κ2) is 5.76. The normalized spacial score (nSPS) is 13.2. The zero-order valence-corrected chi connectivity index (χ0v) is 9.89. The van der Waals surface area contributed by atoms with Gasteiger partial charge in [-0.05, 0) is 5.56 Å². The van der Waals surface area contributed by atoms with E-state index in [9.17, 15) is 13.2 Å². The number of hydrogen-bond donors (Lipinski definition) is 2. The summed E-state index contributed by atoms with van der Waals surface area (Å²) in [4.78, 5) is 10.9. The molecule has 6 nitrogen and oxygen atoms in total. The van der Waals surface area contributed by atoms with Crippen molar-refractivity contribution < 1.29 is 17.4 Å². The first kappa shape index (κ1) is 13.6. The fraction of sp³-hybridized carbons (Fsp3) is 0.300. The number of amides is 1. The van der Waals surface area contributed by atoms with Crippen LogP contribution < -0.4 is 10.9 Å². The van der Waals surface area contributed by atoms with Gasteiger partial charge in [0.1, 0.15) is 0 Å². The molecule has 1 aromatic rings. The predicted molar refractivity (Wildman–Crippen MR) is 62.1 cm³/mol. The average Bonchev–Trinajstić information content (AvgIpc) is 2.24. The number of nitrogens with two attached hydrogens (primary N) is 2. The van der Waals surface area contributed by atoms with Crippen molar-refractivity contribution in [3.8, 4) is 0 Å². The topological polar surface area (TPSA) is 112 Å². The minimum absolute atomic E-state index is 0.000463. The molecule has 0 aliphatic rings. The van der Waals surface area contributed by atoms with E-state index >= 15 is 0 Å². The molecule has 0 aromatic heterocycles. The molecule has 0 aliphatic carbocycles. The first-order chi connectivity index (χ1) is 7.88. The van der Waals surface area contributed by atoms with E-state index in [1.54, 1.807) is 24.3 Å². The molecule has 94 valence electrons. The standard InChI is InChI=1S/C10H14N2O4S/c11-10(13)6-9(7-16-17(12,14)15)8-4-2-1-3-5-8/h1-5,9H,6-7H2,(H2,11,13)(H2,12,14,15)/t9-/m1/s1. The largest absolute Gasteiger partial charge is 0.370 e. The Morgan fingerprint density at radius 2 is 1.88 bits per heavy atom. The summed E-state index contributed by atoms with van der Waals surface area (Å²) < 4.78 is 25.9. The SMILES string of the molecule is NC(=O)C[C@H](COS(N)(=O)=O)c1ccccc1. The van der Waals surface area contributed by atoms with Gasteiger partial charge < -0.3 is 5.73 Å². The van der Waals surface area contributed by atoms with E-state index in [1.165, 1.54) is 0 Å². The Morgan fingerprint density at radius 1 is 1.29 bits per heavy atom. The van der Waals surface area contributed by atoms with Crippen LogP contribution in [0.2, 0.25) is 0 Å². The van der Waals surface area contributed by atoms with E-state index in [-0.39, 0.29) is 13.0 Å². The molecule has 0 aliphatic heterocycles. The number of benzene rings is 1. The van der Waals surface area contributed by atoms with Crippen LogP contribution in [0.15, 0.2) is 30.3 Å². The van der Waals surface area contributed by atoms with Gasteiger partial charge >= 0.3 is 10.3 Å². The first-order valence-corrected chi connectivity index (χ1v) is 6.36. The maximum atomic E-state index is 10.9. The van der Waals surface area contributed by atoms with Gasteiger partial charge in [0.05, 0.1) is 6.61 Å². The van der Waals surface area contributed by atoms with Gasteiger partial charge in [0, 0.05) is 12.3 Å². The average molecular weight is 258 g/mol. The van der Waals surface area contributed by atoms with Crippen molar-refractivity contribution in [2.24, 2.45) is 10.9 Å². The van der Waals surface area contributed by atoms with Gasteiger partial charge in [-0.3, -0.25) is 8.98 Å². The van der Waals surface area contributed by atoms with Gasteiger partial charge in [0.2, 0.25) is 5.91 Å². The van der Waals surface area contributed by atoms with Crippen molar-refractivity contribution >= 4 is 16.2 Å². The molecule has 1 amide bonds. The summed E-state index contributed by atoms with van der Waals surface area (Å²) in [5.41, 5.74) is 5.87. The van der Waals surface area contributed by atoms with Crippen LogP contribution in [0.25, 0.3) is 0 Å². The highest BCUT2D eigenvalue weighted by Crippen LogP contribution is 2.19. The molecule has 0 bridgehead atoms.